The molecule has 2 heterocycles. The van der Waals surface area contributed by atoms with Gasteiger partial charge in [-0.05, 0) is 26.0 Å². The molecule has 0 saturated carbocycles. The molecule has 0 spiro atoms. The number of sulfonamides is 1. The van der Waals surface area contributed by atoms with Crippen molar-refractivity contribution in [3.05, 3.63) is 29.1 Å². The lowest BCUT2D eigenvalue weighted by Gasteiger charge is -2.32. The van der Waals surface area contributed by atoms with Gasteiger partial charge in [-0.2, -0.15) is 0 Å². The van der Waals surface area contributed by atoms with E-state index in [2.05, 4.69) is 4.72 Å². The number of rotatable bonds is 8. The number of aliphatic hydroxyl groups is 1. The van der Waals surface area contributed by atoms with Crippen LogP contribution in [0.15, 0.2) is 22.5 Å². The van der Waals surface area contributed by atoms with Crippen LogP contribution in [0.4, 0.5) is 4.39 Å². The maximum atomic E-state index is 14.7. The first-order valence-corrected chi connectivity index (χ1v) is 11.0. The smallest absolute Gasteiger partial charge is 0.358 e. The molecule has 1 aliphatic rings. The molecule has 9 nitrogen and oxygen atoms in total. The number of aryl methyl sites for hydroxylation is 1. The van der Waals surface area contributed by atoms with Gasteiger partial charge in [-0.1, -0.05) is 0 Å². The summed E-state index contributed by atoms with van der Waals surface area (Å²) in [7, 11) is -3.89. The summed E-state index contributed by atoms with van der Waals surface area (Å²) >= 11 is 0. The van der Waals surface area contributed by atoms with Crippen LogP contribution in [0.25, 0.3) is 0 Å². The molecule has 2 rings (SSSR count). The van der Waals surface area contributed by atoms with E-state index in [1.54, 1.807) is 13.1 Å². The molecular formula is C15H24FN3O6SSi. The largest absolute Gasteiger partial charge is 0.461 e. The number of halogens is 1. The van der Waals surface area contributed by atoms with Crippen LogP contribution in [-0.4, -0.2) is 64.2 Å². The van der Waals surface area contributed by atoms with Crippen LogP contribution < -0.4 is 4.72 Å². The first-order valence-electron chi connectivity index (χ1n) is 8.26. The molecule has 0 aromatic carbocycles. The zero-order valence-corrected chi connectivity index (χ0v) is 17.9. The highest BCUT2D eigenvalue weighted by molar-refractivity contribution is 7.89. The van der Waals surface area contributed by atoms with E-state index in [1.165, 1.54) is 19.0 Å². The van der Waals surface area contributed by atoms with Gasteiger partial charge in [-0.25, -0.2) is 22.3 Å². The number of carbonyl (C=O) groups is 1. The van der Waals surface area contributed by atoms with Crippen LogP contribution in [0.2, 0.25) is 0 Å². The lowest BCUT2D eigenvalue weighted by Crippen LogP contribution is -2.54. The SMILES string of the molecule is CCOC(=O)c1c(F)c(S(=O)(=O)NC(C)(CO)CN2C=C(C)[SiH2]O2)cn1C. The summed E-state index contributed by atoms with van der Waals surface area (Å²) in [6, 6.07) is 0. The van der Waals surface area contributed by atoms with Crippen molar-refractivity contribution in [2.24, 2.45) is 7.05 Å². The third-order valence-corrected chi connectivity index (χ3v) is 6.63. The number of hydrogen-bond donors (Lipinski definition) is 2. The van der Waals surface area contributed by atoms with Gasteiger partial charge >= 0.3 is 5.97 Å². The molecule has 0 aliphatic carbocycles. The summed E-state index contributed by atoms with van der Waals surface area (Å²) in [4.78, 5) is 11.2. The maximum Gasteiger partial charge on any atom is 0.358 e. The second-order valence-electron chi connectivity index (χ2n) is 6.64. The Labute approximate surface area is 159 Å². The summed E-state index contributed by atoms with van der Waals surface area (Å²) < 4.78 is 53.7. The van der Waals surface area contributed by atoms with Crippen LogP contribution in [0.3, 0.4) is 0 Å². The number of aromatic nitrogens is 1. The van der Waals surface area contributed by atoms with Gasteiger partial charge in [0.1, 0.15) is 4.90 Å². The van der Waals surface area contributed by atoms with Crippen LogP contribution >= 0.6 is 0 Å². The second-order valence-corrected chi connectivity index (χ2v) is 9.95. The normalized spacial score (nSPS) is 17.9. The number of carbonyl (C=O) groups excluding carboxylic acids is 1. The van der Waals surface area contributed by atoms with Crippen molar-refractivity contribution in [1.29, 1.82) is 0 Å². The van der Waals surface area contributed by atoms with Crippen molar-refractivity contribution in [1.82, 2.24) is 14.4 Å². The summed E-state index contributed by atoms with van der Waals surface area (Å²) in [6.45, 7) is 4.46. The maximum absolute atomic E-state index is 14.7. The van der Waals surface area contributed by atoms with Crippen LogP contribution in [0, 0.1) is 5.82 Å². The summed E-state index contributed by atoms with van der Waals surface area (Å²) in [5.74, 6) is -2.16. The Morgan fingerprint density at radius 2 is 2.19 bits per heavy atom. The average molecular weight is 422 g/mol. The fraction of sp³-hybridized carbons (Fsp3) is 0.533. The van der Waals surface area contributed by atoms with Gasteiger partial charge in [0.2, 0.25) is 19.8 Å². The zero-order valence-electron chi connectivity index (χ0n) is 15.7. The third-order valence-electron chi connectivity index (χ3n) is 3.90. The fourth-order valence-corrected chi connectivity index (χ4v) is 4.95. The second kappa shape index (κ2) is 8.10. The number of nitrogens with one attached hydrogen (secondary N) is 1. The van der Waals surface area contributed by atoms with E-state index >= 15 is 0 Å². The number of allylic oxidation sites excluding steroid dienone is 1. The third kappa shape index (κ3) is 4.76. The molecule has 0 radical (unpaired) electrons. The van der Waals surface area contributed by atoms with Crippen molar-refractivity contribution in [2.75, 3.05) is 19.8 Å². The molecule has 0 saturated heterocycles. The Kier molecular flexibility index (Phi) is 6.47. The van der Waals surface area contributed by atoms with Crippen molar-refractivity contribution < 1.29 is 32.0 Å². The predicted octanol–water partition coefficient (Wildman–Crippen LogP) is -0.438. The molecule has 27 heavy (non-hydrogen) atoms. The minimum absolute atomic E-state index is 0.0262. The standard InChI is InChI=1S/C15H24FN3O6SSi/c1-5-24-14(21)13-12(16)11(7-18(13)4)26(22,23)17-15(3,9-20)8-19-6-10(2)27-25-19/h6-7,17,20H,5,8-9,27H2,1-4H3. The molecule has 1 aromatic heterocycles. The van der Waals surface area contributed by atoms with E-state index in [1.807, 2.05) is 6.92 Å². The molecule has 1 aromatic rings. The highest BCUT2D eigenvalue weighted by atomic mass is 32.2. The Hall–Kier alpha value is -1.73. The minimum Gasteiger partial charge on any atom is -0.461 e. The van der Waals surface area contributed by atoms with Crippen molar-refractivity contribution in [3.63, 3.8) is 0 Å². The Morgan fingerprint density at radius 3 is 2.70 bits per heavy atom. The molecule has 0 amide bonds. The molecule has 12 heteroatoms. The highest BCUT2D eigenvalue weighted by Gasteiger charge is 2.36. The van der Waals surface area contributed by atoms with Gasteiger partial charge in [-0.3, -0.25) is 5.06 Å². The van der Waals surface area contributed by atoms with Crippen LogP contribution in [-0.2, 0) is 26.3 Å². The zero-order chi connectivity index (χ0) is 20.4. The van der Waals surface area contributed by atoms with E-state index in [0.29, 0.717) is 0 Å². The quantitative estimate of drug-likeness (QED) is 0.433. The lowest BCUT2D eigenvalue weighted by atomic mass is 10.1. The molecule has 152 valence electrons. The summed E-state index contributed by atoms with van der Waals surface area (Å²) in [6.07, 6.45) is 2.74. The van der Waals surface area contributed by atoms with E-state index in [9.17, 15) is 22.7 Å². The number of nitrogens with zero attached hydrogens (tertiary/aromatic N) is 2. The molecule has 0 fully saturated rings. The van der Waals surface area contributed by atoms with Crippen molar-refractivity contribution >= 4 is 25.8 Å². The van der Waals surface area contributed by atoms with Crippen LogP contribution in [0.5, 0.6) is 0 Å². The van der Waals surface area contributed by atoms with E-state index < -0.39 is 54.3 Å². The van der Waals surface area contributed by atoms with E-state index in [4.69, 9.17) is 9.26 Å². The minimum atomic E-state index is -4.37. The average Bonchev–Trinajstić information content (AvgIpc) is 3.10. The Bertz CT molecular complexity index is 856. The molecule has 2 N–H and O–H groups in total. The summed E-state index contributed by atoms with van der Waals surface area (Å²) in [5.41, 5.74) is -1.82. The lowest BCUT2D eigenvalue weighted by molar-refractivity contribution is -0.0217. The van der Waals surface area contributed by atoms with Gasteiger partial charge < -0.3 is 18.9 Å². The molecule has 1 atom stereocenters. The fourth-order valence-electron chi connectivity index (χ4n) is 2.62. The Morgan fingerprint density at radius 1 is 1.52 bits per heavy atom. The summed E-state index contributed by atoms with van der Waals surface area (Å²) in [5, 5.41) is 12.3. The van der Waals surface area contributed by atoms with Crippen molar-refractivity contribution in [2.45, 2.75) is 31.2 Å². The van der Waals surface area contributed by atoms with Gasteiger partial charge in [0.15, 0.2) is 11.5 Å². The predicted molar refractivity (Wildman–Crippen MR) is 97.2 cm³/mol. The highest BCUT2D eigenvalue weighted by Crippen LogP contribution is 2.23. The molecule has 0 bridgehead atoms. The number of esters is 1. The topological polar surface area (TPSA) is 110 Å². The van der Waals surface area contributed by atoms with Gasteiger partial charge in [0, 0.05) is 19.4 Å². The number of hydrogen-bond acceptors (Lipinski definition) is 7. The Balaban J connectivity index is 2.29. The van der Waals surface area contributed by atoms with Gasteiger partial charge in [-0.15, -0.1) is 0 Å². The monoisotopic (exact) mass is 421 g/mol. The van der Waals surface area contributed by atoms with Gasteiger partial charge in [0.05, 0.1) is 25.3 Å². The van der Waals surface area contributed by atoms with Gasteiger partial charge in [0.25, 0.3) is 0 Å². The van der Waals surface area contributed by atoms with E-state index in [0.717, 1.165) is 16.0 Å². The molecular weight excluding hydrogens is 397 g/mol. The number of hydroxylamine groups is 2. The van der Waals surface area contributed by atoms with E-state index in [-0.39, 0.29) is 13.2 Å². The van der Waals surface area contributed by atoms with Crippen LogP contribution in [0.1, 0.15) is 31.3 Å². The number of ether oxygens (including phenoxy) is 1. The first-order chi connectivity index (χ1) is 12.5. The molecule has 1 unspecified atom stereocenters. The molecule has 1 aliphatic heterocycles. The van der Waals surface area contributed by atoms with Crippen molar-refractivity contribution in [3.8, 4) is 0 Å². The first kappa shape index (κ1) is 21.6. The number of aliphatic hydroxyl groups excluding tert-OH is 1.